The van der Waals surface area contributed by atoms with E-state index in [2.05, 4.69) is 10.5 Å². The lowest BCUT2D eigenvalue weighted by Crippen LogP contribution is -1.89. The summed E-state index contributed by atoms with van der Waals surface area (Å²) in [5.41, 5.74) is 4.07. The van der Waals surface area contributed by atoms with Crippen LogP contribution in [-0.2, 0) is 0 Å². The van der Waals surface area contributed by atoms with E-state index >= 15 is 0 Å². The van der Waals surface area contributed by atoms with Crippen molar-refractivity contribution < 1.29 is 9.34 Å². The van der Waals surface area contributed by atoms with Crippen LogP contribution in [0.5, 0.6) is 0 Å². The first-order valence-corrected chi connectivity index (χ1v) is 7.87. The van der Waals surface area contributed by atoms with E-state index in [4.69, 9.17) is 27.6 Å². The Morgan fingerprint density at radius 2 is 1.96 bits per heavy atom. The van der Waals surface area contributed by atoms with Gasteiger partial charge >= 0.3 is 0 Å². The number of non-ortho nitro benzene ring substituents is 1. The smallest absolute Gasteiger partial charge is 0.270 e. The fourth-order valence-electron chi connectivity index (χ4n) is 2.11. The average Bonchev–Trinajstić information content (AvgIpc) is 3.03. The zero-order valence-electron chi connectivity index (χ0n) is 12.6. The molecular formula is C17H11Cl2N3O3. The van der Waals surface area contributed by atoms with Crippen molar-refractivity contribution >= 4 is 40.8 Å². The van der Waals surface area contributed by atoms with E-state index in [9.17, 15) is 10.1 Å². The summed E-state index contributed by atoms with van der Waals surface area (Å²) >= 11 is 12.0. The van der Waals surface area contributed by atoms with E-state index in [1.54, 1.807) is 30.3 Å². The van der Waals surface area contributed by atoms with Crippen molar-refractivity contribution in [2.75, 3.05) is 5.43 Å². The maximum Gasteiger partial charge on any atom is 0.270 e. The van der Waals surface area contributed by atoms with Crippen molar-refractivity contribution in [2.24, 2.45) is 5.10 Å². The zero-order valence-corrected chi connectivity index (χ0v) is 14.2. The van der Waals surface area contributed by atoms with E-state index < -0.39 is 4.92 Å². The molecule has 0 spiro atoms. The quantitative estimate of drug-likeness (QED) is 0.357. The highest BCUT2D eigenvalue weighted by atomic mass is 35.5. The van der Waals surface area contributed by atoms with Crippen LogP contribution in [-0.4, -0.2) is 11.1 Å². The van der Waals surface area contributed by atoms with Crippen LogP contribution >= 0.6 is 23.2 Å². The first-order chi connectivity index (χ1) is 12.0. The average molecular weight is 376 g/mol. The van der Waals surface area contributed by atoms with Gasteiger partial charge in [0.2, 0.25) is 0 Å². The molecule has 0 aliphatic heterocycles. The van der Waals surface area contributed by atoms with Crippen molar-refractivity contribution in [3.8, 4) is 11.3 Å². The number of benzene rings is 2. The van der Waals surface area contributed by atoms with Gasteiger partial charge in [0.1, 0.15) is 11.5 Å². The molecule has 0 atom stereocenters. The lowest BCUT2D eigenvalue weighted by molar-refractivity contribution is -0.384. The lowest BCUT2D eigenvalue weighted by Gasteiger charge is -2.01. The van der Waals surface area contributed by atoms with Gasteiger partial charge in [0.15, 0.2) is 0 Å². The van der Waals surface area contributed by atoms with Crippen LogP contribution in [0.1, 0.15) is 5.76 Å². The van der Waals surface area contributed by atoms with Crippen LogP contribution < -0.4 is 5.43 Å². The number of nitrogens with one attached hydrogen (secondary N) is 1. The van der Waals surface area contributed by atoms with Gasteiger partial charge in [-0.3, -0.25) is 15.5 Å². The predicted octanol–water partition coefficient (Wildman–Crippen LogP) is 5.61. The molecule has 1 N–H and O–H groups in total. The van der Waals surface area contributed by atoms with Crippen molar-refractivity contribution in [1.29, 1.82) is 0 Å². The van der Waals surface area contributed by atoms with Gasteiger partial charge in [-0.25, -0.2) is 0 Å². The maximum atomic E-state index is 10.8. The molecule has 3 rings (SSSR count). The van der Waals surface area contributed by atoms with Crippen molar-refractivity contribution in [1.82, 2.24) is 0 Å². The van der Waals surface area contributed by atoms with E-state index in [0.717, 1.165) is 5.69 Å². The molecule has 0 unspecified atom stereocenters. The van der Waals surface area contributed by atoms with Crippen LogP contribution in [0.4, 0.5) is 11.4 Å². The van der Waals surface area contributed by atoms with Crippen LogP contribution in [0.15, 0.2) is 64.1 Å². The highest BCUT2D eigenvalue weighted by Gasteiger charge is 2.13. The number of furan rings is 1. The third kappa shape index (κ3) is 4.17. The summed E-state index contributed by atoms with van der Waals surface area (Å²) in [7, 11) is 0. The Bertz CT molecular complexity index is 954. The molecule has 1 heterocycles. The van der Waals surface area contributed by atoms with Gasteiger partial charge in [-0.1, -0.05) is 29.3 Å². The van der Waals surface area contributed by atoms with Crippen LogP contribution in [0.25, 0.3) is 11.3 Å². The van der Waals surface area contributed by atoms with Gasteiger partial charge < -0.3 is 4.42 Å². The first kappa shape index (κ1) is 17.0. The van der Waals surface area contributed by atoms with Crippen molar-refractivity contribution in [2.45, 2.75) is 0 Å². The summed E-state index contributed by atoms with van der Waals surface area (Å²) in [6.45, 7) is 0. The van der Waals surface area contributed by atoms with Crippen molar-refractivity contribution in [3.05, 3.63) is 80.5 Å². The third-order valence-corrected chi connectivity index (χ3v) is 3.81. The van der Waals surface area contributed by atoms with Gasteiger partial charge in [-0.05, 0) is 36.4 Å². The molecule has 0 bridgehead atoms. The molecule has 1 aromatic heterocycles. The van der Waals surface area contributed by atoms with Crippen LogP contribution in [0.2, 0.25) is 10.0 Å². The molecule has 6 nitrogen and oxygen atoms in total. The number of nitro groups is 1. The summed E-state index contributed by atoms with van der Waals surface area (Å²) in [5, 5.41) is 15.7. The predicted molar refractivity (Wildman–Crippen MR) is 98.5 cm³/mol. The third-order valence-electron chi connectivity index (χ3n) is 3.27. The highest BCUT2D eigenvalue weighted by Crippen LogP contribution is 2.32. The van der Waals surface area contributed by atoms with Crippen LogP contribution in [0, 0.1) is 10.1 Å². The van der Waals surface area contributed by atoms with Gasteiger partial charge in [-0.2, -0.15) is 5.10 Å². The zero-order chi connectivity index (χ0) is 17.8. The molecular weight excluding hydrogens is 365 g/mol. The molecule has 0 fully saturated rings. The minimum Gasteiger partial charge on any atom is -0.455 e. The van der Waals surface area contributed by atoms with Gasteiger partial charge in [-0.15, -0.1) is 0 Å². The number of anilines is 1. The molecule has 0 saturated carbocycles. The molecule has 0 amide bonds. The van der Waals surface area contributed by atoms with Gasteiger partial charge in [0.25, 0.3) is 5.69 Å². The largest absolute Gasteiger partial charge is 0.455 e. The number of hydrogen-bond acceptors (Lipinski definition) is 5. The van der Waals surface area contributed by atoms with E-state index in [1.807, 2.05) is 12.1 Å². The lowest BCUT2D eigenvalue weighted by atomic mass is 10.1. The molecule has 0 saturated heterocycles. The molecule has 0 aliphatic carbocycles. The molecule has 126 valence electrons. The number of rotatable bonds is 5. The molecule has 8 heteroatoms. The topological polar surface area (TPSA) is 80.7 Å². The second kappa shape index (κ2) is 7.38. The standard InChI is InChI=1S/C17H11Cl2N3O3/c18-11-2-1-3-12(8-11)21-20-10-14-5-7-17(25-14)15-6-4-13(22(23)24)9-16(15)19/h1-10,21H/b20-10-. The van der Waals surface area contributed by atoms with Gasteiger partial charge in [0.05, 0.1) is 21.8 Å². The SMILES string of the molecule is O=[N+]([O-])c1ccc(-c2ccc(/C=N\Nc3cccc(Cl)c3)o2)c(Cl)c1. The maximum absolute atomic E-state index is 10.8. The Hall–Kier alpha value is -2.83. The Balaban J connectivity index is 1.74. The van der Waals surface area contributed by atoms with E-state index in [-0.39, 0.29) is 10.7 Å². The van der Waals surface area contributed by atoms with Crippen molar-refractivity contribution in [3.63, 3.8) is 0 Å². The molecule has 3 aromatic rings. The summed E-state index contributed by atoms with van der Waals surface area (Å²) in [5.74, 6) is 0.989. The second-order valence-electron chi connectivity index (χ2n) is 5.00. The summed E-state index contributed by atoms with van der Waals surface area (Å²) in [4.78, 5) is 10.2. The molecule has 25 heavy (non-hydrogen) atoms. The van der Waals surface area contributed by atoms with Crippen LogP contribution in [0.3, 0.4) is 0 Å². The fourth-order valence-corrected chi connectivity index (χ4v) is 2.57. The number of hydrazone groups is 1. The van der Waals surface area contributed by atoms with E-state index in [1.165, 1.54) is 18.3 Å². The Kier molecular flexibility index (Phi) is 5.02. The summed E-state index contributed by atoms with van der Waals surface area (Å²) in [6, 6.07) is 14.8. The Morgan fingerprint density at radius 3 is 2.68 bits per heavy atom. The Labute approximate surface area is 152 Å². The first-order valence-electron chi connectivity index (χ1n) is 7.12. The molecule has 0 aliphatic rings. The van der Waals surface area contributed by atoms with Gasteiger partial charge in [0, 0.05) is 22.7 Å². The number of halogens is 2. The van der Waals surface area contributed by atoms with E-state index in [0.29, 0.717) is 22.1 Å². The number of nitrogens with zero attached hydrogens (tertiary/aromatic N) is 2. The minimum absolute atomic E-state index is 0.0761. The number of hydrogen-bond donors (Lipinski definition) is 1. The minimum atomic E-state index is -0.503. The molecule has 2 aromatic carbocycles. The summed E-state index contributed by atoms with van der Waals surface area (Å²) in [6.07, 6.45) is 1.50. The Morgan fingerprint density at radius 1 is 1.12 bits per heavy atom. The normalized spacial score (nSPS) is 11.0. The second-order valence-corrected chi connectivity index (χ2v) is 5.85. The fraction of sp³-hybridized carbons (Fsp3) is 0. The molecule has 0 radical (unpaired) electrons. The monoisotopic (exact) mass is 375 g/mol. The highest BCUT2D eigenvalue weighted by molar-refractivity contribution is 6.33. The number of nitro benzene ring substituents is 1. The summed E-state index contributed by atoms with van der Waals surface area (Å²) < 4.78 is 5.64.